The zero-order chi connectivity index (χ0) is 27.1. The van der Waals surface area contributed by atoms with E-state index in [1.165, 1.54) is 70.6 Å². The quantitative estimate of drug-likeness (QED) is 0.0772. The molecule has 0 saturated heterocycles. The van der Waals surface area contributed by atoms with Crippen molar-refractivity contribution < 1.29 is 15.0 Å². The van der Waals surface area contributed by atoms with Crippen molar-refractivity contribution in [2.45, 2.75) is 135 Å². The van der Waals surface area contributed by atoms with Gasteiger partial charge in [-0.15, -0.1) is 0 Å². The molecule has 0 saturated carbocycles. The normalized spacial score (nSPS) is 12.9. The largest absolute Gasteiger partial charge is 0.481 e. The van der Waals surface area contributed by atoms with E-state index in [2.05, 4.69) is 61.3 Å². The zero-order valence-corrected chi connectivity index (χ0v) is 23.6. The van der Waals surface area contributed by atoms with E-state index < -0.39 is 12.1 Å². The molecule has 208 valence electrons. The predicted molar refractivity (Wildman–Crippen MR) is 161 cm³/mol. The second kappa shape index (κ2) is 29.9. The van der Waals surface area contributed by atoms with Gasteiger partial charge in [-0.05, 0) is 57.1 Å². The fraction of sp³-hybridized carbons (Fsp3) is 0.618. The van der Waals surface area contributed by atoms with E-state index in [9.17, 15) is 9.90 Å². The molecule has 0 spiro atoms. The summed E-state index contributed by atoms with van der Waals surface area (Å²) in [5.74, 6) is 5.37. The Morgan fingerprint density at radius 3 is 1.84 bits per heavy atom. The van der Waals surface area contributed by atoms with Gasteiger partial charge >= 0.3 is 5.97 Å². The van der Waals surface area contributed by atoms with Gasteiger partial charge in [-0.1, -0.05) is 132 Å². The molecule has 0 aromatic carbocycles. The van der Waals surface area contributed by atoms with E-state index in [1.54, 1.807) is 12.2 Å². The van der Waals surface area contributed by atoms with E-state index in [4.69, 9.17) is 5.11 Å². The molecule has 0 aromatic heterocycles. The summed E-state index contributed by atoms with van der Waals surface area (Å²) in [7, 11) is 0. The third-order valence-corrected chi connectivity index (χ3v) is 6.06. The first kappa shape index (κ1) is 34.7. The van der Waals surface area contributed by atoms with Gasteiger partial charge in [0, 0.05) is 12.8 Å². The van der Waals surface area contributed by atoms with Crippen molar-refractivity contribution >= 4 is 5.97 Å². The molecule has 0 heterocycles. The van der Waals surface area contributed by atoms with Gasteiger partial charge in [0.25, 0.3) is 0 Å². The number of hydrogen-bond donors (Lipinski definition) is 2. The van der Waals surface area contributed by atoms with E-state index >= 15 is 0 Å². The van der Waals surface area contributed by atoms with E-state index in [-0.39, 0.29) is 0 Å². The van der Waals surface area contributed by atoms with Gasteiger partial charge in [0.1, 0.15) is 0 Å². The lowest BCUT2D eigenvalue weighted by Crippen LogP contribution is -1.98. The van der Waals surface area contributed by atoms with Gasteiger partial charge in [-0.25, -0.2) is 0 Å². The van der Waals surface area contributed by atoms with Gasteiger partial charge < -0.3 is 10.2 Å². The molecule has 0 aliphatic rings. The highest BCUT2D eigenvalue weighted by molar-refractivity contribution is 5.66. The molecule has 0 aromatic rings. The molecule has 0 fully saturated rings. The number of aliphatic hydroxyl groups excluding tert-OH is 1. The van der Waals surface area contributed by atoms with Crippen LogP contribution in [0.1, 0.15) is 129 Å². The van der Waals surface area contributed by atoms with Crippen LogP contribution in [0.15, 0.2) is 60.8 Å². The number of rotatable bonds is 24. The highest BCUT2D eigenvalue weighted by Crippen LogP contribution is 2.13. The summed E-state index contributed by atoms with van der Waals surface area (Å²) in [5.41, 5.74) is 0. The van der Waals surface area contributed by atoms with Crippen molar-refractivity contribution in [2.24, 2.45) is 0 Å². The van der Waals surface area contributed by atoms with Crippen LogP contribution in [-0.4, -0.2) is 22.3 Å². The average Bonchev–Trinajstić information content (AvgIpc) is 2.88. The van der Waals surface area contributed by atoms with E-state index in [0.29, 0.717) is 12.8 Å². The minimum Gasteiger partial charge on any atom is -0.481 e. The molecular formula is C34H54O3. The SMILES string of the molecule is CC/C=C\CC(O)/C=C\C#CC/C=C\C/C=C\C/C=C\CCCCCCCCCCCCCCC(=O)O. The molecule has 3 heteroatoms. The fourth-order valence-corrected chi connectivity index (χ4v) is 3.87. The first-order valence-corrected chi connectivity index (χ1v) is 14.8. The summed E-state index contributed by atoms with van der Waals surface area (Å²) in [6, 6.07) is 0. The molecule has 0 aliphatic carbocycles. The summed E-state index contributed by atoms with van der Waals surface area (Å²) < 4.78 is 0. The fourth-order valence-electron chi connectivity index (χ4n) is 3.87. The molecule has 0 radical (unpaired) electrons. The van der Waals surface area contributed by atoms with Crippen LogP contribution in [0.2, 0.25) is 0 Å². The van der Waals surface area contributed by atoms with Crippen molar-refractivity contribution in [3.63, 3.8) is 0 Å². The lowest BCUT2D eigenvalue weighted by Gasteiger charge is -2.02. The summed E-state index contributed by atoms with van der Waals surface area (Å²) in [5, 5.41) is 18.3. The Kier molecular flexibility index (Phi) is 28.0. The molecule has 0 amide bonds. The lowest BCUT2D eigenvalue weighted by atomic mass is 10.0. The van der Waals surface area contributed by atoms with Crippen molar-refractivity contribution in [3.05, 3.63) is 60.8 Å². The Balaban J connectivity index is 3.43. The lowest BCUT2D eigenvalue weighted by molar-refractivity contribution is -0.137. The van der Waals surface area contributed by atoms with Crippen LogP contribution in [0, 0.1) is 11.8 Å². The van der Waals surface area contributed by atoms with E-state index in [0.717, 1.165) is 38.5 Å². The predicted octanol–water partition coefficient (Wildman–Crippen LogP) is 9.65. The topological polar surface area (TPSA) is 57.5 Å². The molecule has 1 unspecified atom stereocenters. The minimum atomic E-state index is -0.666. The molecule has 2 N–H and O–H groups in total. The van der Waals surface area contributed by atoms with Gasteiger partial charge in [0.2, 0.25) is 0 Å². The number of allylic oxidation sites excluding steroid dienone is 8. The van der Waals surface area contributed by atoms with Crippen LogP contribution in [-0.2, 0) is 4.79 Å². The first-order chi connectivity index (χ1) is 18.2. The van der Waals surface area contributed by atoms with Crippen LogP contribution < -0.4 is 0 Å². The van der Waals surface area contributed by atoms with Gasteiger partial charge in [0.15, 0.2) is 0 Å². The highest BCUT2D eigenvalue weighted by Gasteiger charge is 1.97. The number of aliphatic carboxylic acids is 1. The van der Waals surface area contributed by atoms with Crippen molar-refractivity contribution in [3.8, 4) is 11.8 Å². The van der Waals surface area contributed by atoms with Crippen LogP contribution in [0.3, 0.4) is 0 Å². The number of hydrogen-bond acceptors (Lipinski definition) is 2. The molecule has 0 rings (SSSR count). The van der Waals surface area contributed by atoms with Gasteiger partial charge in [-0.3, -0.25) is 4.79 Å². The Bertz CT molecular complexity index is 715. The smallest absolute Gasteiger partial charge is 0.303 e. The van der Waals surface area contributed by atoms with Crippen molar-refractivity contribution in [1.29, 1.82) is 0 Å². The van der Waals surface area contributed by atoms with Crippen LogP contribution in [0.25, 0.3) is 0 Å². The maximum Gasteiger partial charge on any atom is 0.303 e. The maximum absolute atomic E-state index is 10.4. The Morgan fingerprint density at radius 2 is 1.24 bits per heavy atom. The summed E-state index contributed by atoms with van der Waals surface area (Å²) in [6.07, 6.45) is 41.3. The molecule has 1 atom stereocenters. The number of carboxylic acid groups (broad SMARTS) is 1. The number of carboxylic acids is 1. The summed E-state index contributed by atoms with van der Waals surface area (Å²) >= 11 is 0. The third kappa shape index (κ3) is 31.7. The van der Waals surface area contributed by atoms with Crippen molar-refractivity contribution in [1.82, 2.24) is 0 Å². The molecule has 0 bridgehead atoms. The van der Waals surface area contributed by atoms with Crippen LogP contribution in [0.4, 0.5) is 0 Å². The second-order valence-electron chi connectivity index (χ2n) is 9.63. The van der Waals surface area contributed by atoms with E-state index in [1.807, 2.05) is 6.08 Å². The number of unbranched alkanes of at least 4 members (excludes halogenated alkanes) is 12. The minimum absolute atomic E-state index is 0.327. The zero-order valence-electron chi connectivity index (χ0n) is 23.6. The Hall–Kier alpha value is -2.31. The monoisotopic (exact) mass is 510 g/mol. The molecule has 37 heavy (non-hydrogen) atoms. The summed E-state index contributed by atoms with van der Waals surface area (Å²) in [6.45, 7) is 2.08. The van der Waals surface area contributed by atoms with Gasteiger partial charge in [-0.2, -0.15) is 0 Å². The second-order valence-corrected chi connectivity index (χ2v) is 9.63. The molecule has 0 aliphatic heterocycles. The Labute approximate surface area is 228 Å². The number of carbonyl (C=O) groups is 1. The molecular weight excluding hydrogens is 456 g/mol. The van der Waals surface area contributed by atoms with Crippen LogP contribution in [0.5, 0.6) is 0 Å². The average molecular weight is 511 g/mol. The maximum atomic E-state index is 10.4. The third-order valence-electron chi connectivity index (χ3n) is 6.06. The summed E-state index contributed by atoms with van der Waals surface area (Å²) in [4.78, 5) is 10.4. The Morgan fingerprint density at radius 1 is 0.703 bits per heavy atom. The number of aliphatic hydroxyl groups is 1. The standard InChI is InChI=1S/C34H54O3/c1-2-3-27-30-33(35)31-28-25-23-21-19-17-15-13-11-9-7-5-4-6-8-10-12-14-16-18-20-22-24-26-29-32-34(36)37/h3,5,7,11,13,17,19,27-28,31,33,35H,2,4,6,8-10,12,14-16,18,20-22,24,26,29-30,32H2,1H3,(H,36,37)/b7-5-,13-11-,19-17-,27-3-,31-28-. The van der Waals surface area contributed by atoms with Crippen LogP contribution >= 0.6 is 0 Å². The van der Waals surface area contributed by atoms with Gasteiger partial charge in [0.05, 0.1) is 6.10 Å². The molecule has 3 nitrogen and oxygen atoms in total. The first-order valence-electron chi connectivity index (χ1n) is 14.8. The van der Waals surface area contributed by atoms with Crippen molar-refractivity contribution in [2.75, 3.05) is 0 Å². The highest BCUT2D eigenvalue weighted by atomic mass is 16.4.